The largest absolute Gasteiger partial charge is 0.341 e. The minimum Gasteiger partial charge on any atom is -0.341 e. The summed E-state index contributed by atoms with van der Waals surface area (Å²) in [5.74, 6) is 0.877. The Labute approximate surface area is 183 Å². The normalized spacial score (nSPS) is 18.9. The van der Waals surface area contributed by atoms with Gasteiger partial charge in [-0.15, -0.1) is 0 Å². The van der Waals surface area contributed by atoms with E-state index in [0.717, 1.165) is 62.5 Å². The van der Waals surface area contributed by atoms with Gasteiger partial charge in [-0.05, 0) is 76.4 Å². The first-order valence-corrected chi connectivity index (χ1v) is 11.4. The summed E-state index contributed by atoms with van der Waals surface area (Å²) in [6.07, 6.45) is 6.34. The maximum Gasteiger partial charge on any atom is 0.239 e. The van der Waals surface area contributed by atoms with Gasteiger partial charge >= 0.3 is 0 Å². The molecule has 2 saturated heterocycles. The van der Waals surface area contributed by atoms with Crippen LogP contribution in [0.5, 0.6) is 0 Å². The fourth-order valence-corrected chi connectivity index (χ4v) is 4.82. The smallest absolute Gasteiger partial charge is 0.239 e. The predicted molar refractivity (Wildman–Crippen MR) is 120 cm³/mol. The van der Waals surface area contributed by atoms with Gasteiger partial charge in [0.05, 0.1) is 12.2 Å². The van der Waals surface area contributed by atoms with Gasteiger partial charge in [-0.1, -0.05) is 6.92 Å². The lowest BCUT2D eigenvalue weighted by Gasteiger charge is -2.36. The molecule has 0 aromatic carbocycles. The van der Waals surface area contributed by atoms with E-state index in [1.807, 2.05) is 13.0 Å². The van der Waals surface area contributed by atoms with Crippen LogP contribution < -0.4 is 5.32 Å². The van der Waals surface area contributed by atoms with E-state index in [-0.39, 0.29) is 11.9 Å². The summed E-state index contributed by atoms with van der Waals surface area (Å²) in [4.78, 5) is 26.4. The summed E-state index contributed by atoms with van der Waals surface area (Å²) in [5.41, 5.74) is 2.88. The molecule has 2 fully saturated rings. The van der Waals surface area contributed by atoms with Crippen LogP contribution in [-0.2, 0) is 4.79 Å². The van der Waals surface area contributed by atoms with Crippen LogP contribution in [-0.4, -0.2) is 57.9 Å². The molecule has 4 rings (SSSR count). The Hall–Kier alpha value is -2.54. The number of anilines is 2. The first-order valence-electron chi connectivity index (χ1n) is 11.4. The number of amides is 1. The van der Waals surface area contributed by atoms with Crippen molar-refractivity contribution in [1.29, 1.82) is 0 Å². The minimum absolute atomic E-state index is 0.0372. The maximum atomic E-state index is 13.1. The standard InChI is InChI=1S/C24H32FN5O/c1-3-22(29-10-4-5-11-29)24(31)30-12-8-18(9-13-30)21-15-20(14-17(2)27-21)28-23-7-6-19(25)16-26-23/h6-7,14-16,18,22H,3-5,8-13H2,1-2H3,(H,26,27,28)/t22-/m1/s1. The van der Waals surface area contributed by atoms with Crippen LogP contribution >= 0.6 is 0 Å². The van der Waals surface area contributed by atoms with Gasteiger partial charge < -0.3 is 10.2 Å². The third kappa shape index (κ3) is 5.21. The van der Waals surface area contributed by atoms with Gasteiger partial charge in [0.2, 0.25) is 5.91 Å². The van der Waals surface area contributed by atoms with E-state index in [1.165, 1.54) is 25.1 Å². The molecule has 0 aliphatic carbocycles. The number of piperidine rings is 1. The third-order valence-electron chi connectivity index (χ3n) is 6.45. The van der Waals surface area contributed by atoms with Crippen LogP contribution in [0.3, 0.4) is 0 Å². The Kier molecular flexibility index (Phi) is 6.80. The van der Waals surface area contributed by atoms with E-state index >= 15 is 0 Å². The number of halogens is 1. The van der Waals surface area contributed by atoms with Gasteiger partial charge in [0.1, 0.15) is 11.6 Å². The maximum absolute atomic E-state index is 13.1. The summed E-state index contributed by atoms with van der Waals surface area (Å²) in [6.45, 7) is 7.76. The summed E-state index contributed by atoms with van der Waals surface area (Å²) in [6, 6.07) is 7.08. The molecule has 6 nitrogen and oxygen atoms in total. The number of aryl methyl sites for hydroxylation is 1. The quantitative estimate of drug-likeness (QED) is 0.750. The highest BCUT2D eigenvalue weighted by Gasteiger charge is 2.32. The van der Waals surface area contributed by atoms with Gasteiger partial charge in [-0.3, -0.25) is 14.7 Å². The van der Waals surface area contributed by atoms with Gasteiger partial charge in [0, 0.05) is 36.1 Å². The van der Waals surface area contributed by atoms with Crippen LogP contribution in [0.1, 0.15) is 56.3 Å². The molecule has 2 aromatic rings. The minimum atomic E-state index is -0.353. The van der Waals surface area contributed by atoms with Gasteiger partial charge in [-0.25, -0.2) is 9.37 Å². The second-order valence-corrected chi connectivity index (χ2v) is 8.68. The highest BCUT2D eigenvalue weighted by Crippen LogP contribution is 2.30. The van der Waals surface area contributed by atoms with Crippen molar-refractivity contribution in [3.8, 4) is 0 Å². The van der Waals surface area contributed by atoms with E-state index < -0.39 is 0 Å². The van der Waals surface area contributed by atoms with E-state index in [2.05, 4.69) is 33.1 Å². The number of rotatable bonds is 6. The lowest BCUT2D eigenvalue weighted by molar-refractivity contribution is -0.137. The second kappa shape index (κ2) is 9.73. The molecule has 1 amide bonds. The SMILES string of the molecule is CC[C@H](C(=O)N1CCC(c2cc(Nc3ccc(F)cn3)cc(C)n2)CC1)N1CCCC1. The van der Waals surface area contributed by atoms with E-state index in [9.17, 15) is 9.18 Å². The highest BCUT2D eigenvalue weighted by atomic mass is 19.1. The summed E-state index contributed by atoms with van der Waals surface area (Å²) < 4.78 is 13.1. The zero-order chi connectivity index (χ0) is 21.8. The molecule has 0 radical (unpaired) electrons. The van der Waals surface area contributed by atoms with Gasteiger partial charge in [0.25, 0.3) is 0 Å². The molecule has 4 heterocycles. The number of hydrogen-bond acceptors (Lipinski definition) is 5. The summed E-state index contributed by atoms with van der Waals surface area (Å²) in [5, 5.41) is 3.24. The van der Waals surface area contributed by atoms with Crippen molar-refractivity contribution in [2.45, 2.75) is 57.9 Å². The molecular weight excluding hydrogens is 393 g/mol. The first kappa shape index (κ1) is 21.7. The molecule has 2 aliphatic heterocycles. The topological polar surface area (TPSA) is 61.4 Å². The lowest BCUT2D eigenvalue weighted by atomic mass is 9.92. The number of aromatic nitrogens is 2. The van der Waals surface area contributed by atoms with Crippen LogP contribution in [0.25, 0.3) is 0 Å². The van der Waals surface area contributed by atoms with Gasteiger partial charge in [-0.2, -0.15) is 0 Å². The summed E-state index contributed by atoms with van der Waals surface area (Å²) >= 11 is 0. The van der Waals surface area contributed by atoms with Crippen molar-refractivity contribution in [2.75, 3.05) is 31.5 Å². The van der Waals surface area contributed by atoms with Crippen LogP contribution in [0.2, 0.25) is 0 Å². The molecule has 2 aliphatic rings. The average molecular weight is 426 g/mol. The van der Waals surface area contributed by atoms with Crippen molar-refractivity contribution in [3.05, 3.63) is 47.7 Å². The van der Waals surface area contributed by atoms with E-state index in [0.29, 0.717) is 17.6 Å². The lowest BCUT2D eigenvalue weighted by Crippen LogP contribution is -2.49. The van der Waals surface area contributed by atoms with Crippen LogP contribution in [0.4, 0.5) is 15.9 Å². The zero-order valence-electron chi connectivity index (χ0n) is 18.5. The molecule has 166 valence electrons. The van der Waals surface area contributed by atoms with E-state index in [1.54, 1.807) is 6.07 Å². The van der Waals surface area contributed by atoms with Crippen molar-refractivity contribution in [3.63, 3.8) is 0 Å². The van der Waals surface area contributed by atoms with Crippen molar-refractivity contribution < 1.29 is 9.18 Å². The number of carbonyl (C=O) groups excluding carboxylic acids is 1. The van der Waals surface area contributed by atoms with Crippen LogP contribution in [0, 0.1) is 12.7 Å². The number of hydrogen-bond donors (Lipinski definition) is 1. The summed E-state index contributed by atoms with van der Waals surface area (Å²) in [7, 11) is 0. The molecule has 1 atom stereocenters. The van der Waals surface area contributed by atoms with Crippen molar-refractivity contribution in [1.82, 2.24) is 19.8 Å². The Morgan fingerprint density at radius 3 is 2.58 bits per heavy atom. The molecule has 2 aromatic heterocycles. The zero-order valence-corrected chi connectivity index (χ0v) is 18.5. The number of carbonyl (C=O) groups is 1. The molecular formula is C24H32FN5O. The second-order valence-electron chi connectivity index (χ2n) is 8.68. The third-order valence-corrected chi connectivity index (χ3v) is 6.45. The Morgan fingerprint density at radius 1 is 1.19 bits per heavy atom. The monoisotopic (exact) mass is 425 g/mol. The Bertz CT molecular complexity index is 889. The average Bonchev–Trinajstić information content (AvgIpc) is 3.30. The number of pyridine rings is 2. The number of nitrogens with one attached hydrogen (secondary N) is 1. The fourth-order valence-electron chi connectivity index (χ4n) is 4.82. The Morgan fingerprint density at radius 2 is 1.94 bits per heavy atom. The first-order chi connectivity index (χ1) is 15.0. The molecule has 1 N–H and O–H groups in total. The van der Waals surface area contributed by atoms with E-state index in [4.69, 9.17) is 4.98 Å². The fraction of sp³-hybridized carbons (Fsp3) is 0.542. The molecule has 0 bridgehead atoms. The molecule has 0 saturated carbocycles. The van der Waals surface area contributed by atoms with Gasteiger partial charge in [0.15, 0.2) is 0 Å². The molecule has 31 heavy (non-hydrogen) atoms. The number of likely N-dealkylation sites (tertiary alicyclic amines) is 2. The van der Waals surface area contributed by atoms with Crippen molar-refractivity contribution in [2.24, 2.45) is 0 Å². The van der Waals surface area contributed by atoms with Crippen LogP contribution in [0.15, 0.2) is 30.5 Å². The number of nitrogens with zero attached hydrogens (tertiary/aromatic N) is 4. The van der Waals surface area contributed by atoms with Crippen molar-refractivity contribution >= 4 is 17.4 Å². The Balaban J connectivity index is 1.39. The molecule has 0 spiro atoms. The molecule has 0 unspecified atom stereocenters. The molecule has 7 heteroatoms. The highest BCUT2D eigenvalue weighted by molar-refractivity contribution is 5.82. The predicted octanol–water partition coefficient (Wildman–Crippen LogP) is 4.25.